The van der Waals surface area contributed by atoms with Crippen molar-refractivity contribution in [1.29, 1.82) is 0 Å². The zero-order chi connectivity index (χ0) is 22.3. The molecule has 1 N–H and O–H groups in total. The number of carbonyl (C=O) groups excluding carboxylic acids is 1. The third-order valence-corrected chi connectivity index (χ3v) is 5.96. The average molecular weight is 435 g/mol. The Kier molecular flexibility index (Phi) is 7.85. The quantitative estimate of drug-likeness (QED) is 0.610. The molecule has 0 saturated carbocycles. The van der Waals surface area contributed by atoms with E-state index in [0.29, 0.717) is 29.4 Å². The van der Waals surface area contributed by atoms with Crippen molar-refractivity contribution in [1.82, 2.24) is 4.31 Å². The van der Waals surface area contributed by atoms with Crippen molar-refractivity contribution >= 4 is 27.7 Å². The summed E-state index contributed by atoms with van der Waals surface area (Å²) in [7, 11) is 2.20. The number of methoxy groups -OCH3 is 2. The van der Waals surface area contributed by atoms with Gasteiger partial charge in [0, 0.05) is 37.5 Å². The molecular formula is C21H26N2O6S. The van der Waals surface area contributed by atoms with Crippen LogP contribution in [0.15, 0.2) is 47.4 Å². The van der Waals surface area contributed by atoms with E-state index >= 15 is 0 Å². The number of nitrogens with zero attached hydrogens (tertiary/aromatic N) is 1. The molecule has 0 bridgehead atoms. The molecule has 0 aromatic heterocycles. The van der Waals surface area contributed by atoms with Crippen LogP contribution in [-0.4, -0.2) is 53.6 Å². The number of amides is 1. The van der Waals surface area contributed by atoms with E-state index in [4.69, 9.17) is 14.2 Å². The fourth-order valence-corrected chi connectivity index (χ4v) is 3.61. The van der Waals surface area contributed by atoms with Crippen LogP contribution in [0.1, 0.15) is 12.5 Å². The van der Waals surface area contributed by atoms with Gasteiger partial charge in [-0.15, -0.1) is 0 Å². The summed E-state index contributed by atoms with van der Waals surface area (Å²) in [5, 5.41) is 2.66. The van der Waals surface area contributed by atoms with E-state index in [1.807, 2.05) is 0 Å². The molecule has 0 fully saturated rings. The van der Waals surface area contributed by atoms with E-state index in [-0.39, 0.29) is 10.6 Å². The first kappa shape index (κ1) is 23.2. The molecule has 2 rings (SSSR count). The summed E-state index contributed by atoms with van der Waals surface area (Å²) in [5.41, 5.74) is 1.02. The fourth-order valence-electron chi connectivity index (χ4n) is 2.56. The standard InChI is InChI=1S/C21H26N2O6S/c1-6-29-18-11-9-16(13-20(18)30(25,26)23(2)3)22-21(24)12-8-15-7-10-17(27-4)14-19(15)28-5/h7-14H,6H2,1-5H3,(H,22,24)/b12-8+. The van der Waals surface area contributed by atoms with Crippen LogP contribution in [0.5, 0.6) is 17.2 Å². The summed E-state index contributed by atoms with van der Waals surface area (Å²) in [6.07, 6.45) is 2.93. The number of sulfonamides is 1. The molecule has 0 heterocycles. The second-order valence-corrected chi connectivity index (χ2v) is 8.43. The number of anilines is 1. The molecule has 0 spiro atoms. The Bertz CT molecular complexity index is 1030. The Morgan fingerprint density at radius 3 is 2.40 bits per heavy atom. The average Bonchev–Trinajstić information content (AvgIpc) is 2.73. The molecule has 0 saturated heterocycles. The lowest BCUT2D eigenvalue weighted by molar-refractivity contribution is -0.111. The van der Waals surface area contributed by atoms with Gasteiger partial charge in [-0.05, 0) is 43.3 Å². The number of nitrogens with one attached hydrogen (secondary N) is 1. The molecule has 8 nitrogen and oxygen atoms in total. The van der Waals surface area contributed by atoms with Crippen molar-refractivity contribution < 1.29 is 27.4 Å². The lowest BCUT2D eigenvalue weighted by atomic mass is 10.1. The van der Waals surface area contributed by atoms with E-state index in [2.05, 4.69) is 5.32 Å². The van der Waals surface area contributed by atoms with E-state index in [1.165, 1.54) is 39.4 Å². The van der Waals surface area contributed by atoms with Gasteiger partial charge in [-0.25, -0.2) is 12.7 Å². The number of benzene rings is 2. The molecule has 0 atom stereocenters. The highest BCUT2D eigenvalue weighted by Crippen LogP contribution is 2.29. The monoisotopic (exact) mass is 434 g/mol. The summed E-state index contributed by atoms with van der Waals surface area (Å²) in [4.78, 5) is 12.3. The molecule has 0 radical (unpaired) electrons. The van der Waals surface area contributed by atoms with Crippen LogP contribution >= 0.6 is 0 Å². The second kappa shape index (κ2) is 10.1. The first-order valence-electron chi connectivity index (χ1n) is 9.13. The topological polar surface area (TPSA) is 94.2 Å². The molecule has 0 aliphatic heterocycles. The largest absolute Gasteiger partial charge is 0.497 e. The Hall–Kier alpha value is -3.04. The molecule has 162 valence electrons. The maximum Gasteiger partial charge on any atom is 0.248 e. The molecule has 0 aliphatic carbocycles. The number of rotatable bonds is 9. The van der Waals surface area contributed by atoms with Gasteiger partial charge in [-0.3, -0.25) is 4.79 Å². The van der Waals surface area contributed by atoms with Gasteiger partial charge in [0.25, 0.3) is 0 Å². The number of hydrogen-bond acceptors (Lipinski definition) is 6. The Morgan fingerprint density at radius 2 is 1.80 bits per heavy atom. The number of hydrogen-bond donors (Lipinski definition) is 1. The summed E-state index contributed by atoms with van der Waals surface area (Å²) in [6.45, 7) is 2.08. The first-order chi connectivity index (χ1) is 14.2. The van der Waals surface area contributed by atoms with Gasteiger partial charge in [-0.1, -0.05) is 0 Å². The van der Waals surface area contributed by atoms with Crippen LogP contribution < -0.4 is 19.5 Å². The highest BCUT2D eigenvalue weighted by atomic mass is 32.2. The zero-order valence-corrected chi connectivity index (χ0v) is 18.4. The van der Waals surface area contributed by atoms with Gasteiger partial charge in [0.2, 0.25) is 15.9 Å². The van der Waals surface area contributed by atoms with Gasteiger partial charge in [0.15, 0.2) is 0 Å². The molecule has 0 aliphatic rings. The van der Waals surface area contributed by atoms with Crippen LogP contribution in [0.3, 0.4) is 0 Å². The van der Waals surface area contributed by atoms with Crippen molar-refractivity contribution in [2.75, 3.05) is 40.2 Å². The van der Waals surface area contributed by atoms with Crippen molar-refractivity contribution in [3.8, 4) is 17.2 Å². The molecule has 1 amide bonds. The van der Waals surface area contributed by atoms with Gasteiger partial charge in [0.1, 0.15) is 22.1 Å². The molecule has 2 aromatic rings. The SMILES string of the molecule is CCOc1ccc(NC(=O)/C=C/c2ccc(OC)cc2OC)cc1S(=O)(=O)N(C)C. The van der Waals surface area contributed by atoms with E-state index < -0.39 is 15.9 Å². The van der Waals surface area contributed by atoms with Crippen LogP contribution in [-0.2, 0) is 14.8 Å². The Balaban J connectivity index is 2.26. The summed E-state index contributed by atoms with van der Waals surface area (Å²) < 4.78 is 42.2. The normalized spacial score (nSPS) is 11.5. The highest BCUT2D eigenvalue weighted by Gasteiger charge is 2.23. The smallest absolute Gasteiger partial charge is 0.248 e. The third kappa shape index (κ3) is 5.52. The van der Waals surface area contributed by atoms with Crippen LogP contribution in [0.25, 0.3) is 6.08 Å². The first-order valence-corrected chi connectivity index (χ1v) is 10.6. The lowest BCUT2D eigenvalue weighted by Gasteiger charge is -2.16. The number of carbonyl (C=O) groups is 1. The minimum Gasteiger partial charge on any atom is -0.497 e. The maximum atomic E-state index is 12.6. The van der Waals surface area contributed by atoms with Gasteiger partial charge >= 0.3 is 0 Å². The predicted molar refractivity (Wildman–Crippen MR) is 116 cm³/mol. The van der Waals surface area contributed by atoms with Crippen LogP contribution in [0.2, 0.25) is 0 Å². The molecule has 2 aromatic carbocycles. The highest BCUT2D eigenvalue weighted by molar-refractivity contribution is 7.89. The van der Waals surface area contributed by atoms with Crippen molar-refractivity contribution in [3.05, 3.63) is 48.0 Å². The molecule has 0 unspecified atom stereocenters. The van der Waals surface area contributed by atoms with Gasteiger partial charge in [-0.2, -0.15) is 0 Å². The second-order valence-electron chi connectivity index (χ2n) is 6.31. The molecule has 9 heteroatoms. The third-order valence-electron chi connectivity index (χ3n) is 4.12. The lowest BCUT2D eigenvalue weighted by Crippen LogP contribution is -2.23. The molecule has 30 heavy (non-hydrogen) atoms. The summed E-state index contributed by atoms with van der Waals surface area (Å²) in [6, 6.07) is 9.71. The van der Waals surface area contributed by atoms with Crippen LogP contribution in [0, 0.1) is 0 Å². The Labute approximate surface area is 177 Å². The van der Waals surface area contributed by atoms with Gasteiger partial charge in [0.05, 0.1) is 20.8 Å². The predicted octanol–water partition coefficient (Wildman–Crippen LogP) is 3.00. The Morgan fingerprint density at radius 1 is 1.07 bits per heavy atom. The van der Waals surface area contributed by atoms with Crippen molar-refractivity contribution in [3.63, 3.8) is 0 Å². The minimum absolute atomic E-state index is 0.0204. The number of ether oxygens (including phenoxy) is 3. The van der Waals surface area contributed by atoms with Crippen molar-refractivity contribution in [2.45, 2.75) is 11.8 Å². The fraction of sp³-hybridized carbons (Fsp3) is 0.286. The van der Waals surface area contributed by atoms with E-state index in [1.54, 1.807) is 44.4 Å². The van der Waals surface area contributed by atoms with E-state index in [9.17, 15) is 13.2 Å². The van der Waals surface area contributed by atoms with E-state index in [0.717, 1.165) is 4.31 Å². The van der Waals surface area contributed by atoms with Crippen molar-refractivity contribution in [2.24, 2.45) is 0 Å². The molecular weight excluding hydrogens is 408 g/mol. The van der Waals surface area contributed by atoms with Crippen LogP contribution in [0.4, 0.5) is 5.69 Å². The summed E-state index contributed by atoms with van der Waals surface area (Å²) >= 11 is 0. The zero-order valence-electron chi connectivity index (χ0n) is 17.6. The maximum absolute atomic E-state index is 12.6. The van der Waals surface area contributed by atoms with Gasteiger partial charge < -0.3 is 19.5 Å². The minimum atomic E-state index is -3.75. The summed E-state index contributed by atoms with van der Waals surface area (Å²) in [5.74, 6) is 0.990.